The average Bonchev–Trinajstić information content (AvgIpc) is 3.14. The van der Waals surface area contributed by atoms with Crippen LogP contribution in [0.4, 0.5) is 14.9 Å². The van der Waals surface area contributed by atoms with Crippen molar-refractivity contribution in [2.45, 2.75) is 19.8 Å². The first kappa shape index (κ1) is 21.3. The molecule has 0 aliphatic rings. The molecule has 0 aliphatic carbocycles. The largest absolute Gasteiger partial charge is 0.395 e. The fraction of sp³-hybridized carbons (Fsp3) is 0.217. The summed E-state index contributed by atoms with van der Waals surface area (Å²) < 4.78 is 14.6. The number of hydrogen-bond donors (Lipinski definition) is 4. The van der Waals surface area contributed by atoms with Gasteiger partial charge in [-0.15, -0.1) is 0 Å². The Kier molecular flexibility index (Phi) is 6.64. The zero-order valence-corrected chi connectivity index (χ0v) is 16.8. The molecule has 1 heterocycles. The highest BCUT2D eigenvalue weighted by molar-refractivity contribution is 6.07. The lowest BCUT2D eigenvalue weighted by Gasteiger charge is -2.12. The molecule has 0 radical (unpaired) electrons. The number of halogens is 1. The molecular weight excluding hydrogens is 385 g/mol. The van der Waals surface area contributed by atoms with Gasteiger partial charge in [-0.05, 0) is 24.6 Å². The van der Waals surface area contributed by atoms with Crippen LogP contribution < -0.4 is 10.6 Å². The van der Waals surface area contributed by atoms with Gasteiger partial charge < -0.3 is 20.7 Å². The molecule has 0 aliphatic heterocycles. The molecule has 2 aromatic carbocycles. The number of aliphatic hydroxyl groups excluding tert-OH is 1. The normalized spacial score (nSPS) is 11.7. The number of carbonyl (C=O) groups excluding carboxylic acids is 2. The van der Waals surface area contributed by atoms with E-state index in [1.54, 1.807) is 36.4 Å². The number of nitrogens with one attached hydrogen (secondary N) is 3. The number of benzene rings is 2. The quantitative estimate of drug-likeness (QED) is 0.445. The highest BCUT2D eigenvalue weighted by Crippen LogP contribution is 2.28. The van der Waals surface area contributed by atoms with Crippen molar-refractivity contribution in [1.82, 2.24) is 10.3 Å². The molecule has 3 rings (SSSR count). The summed E-state index contributed by atoms with van der Waals surface area (Å²) in [5, 5.41) is 13.9. The van der Waals surface area contributed by atoms with Crippen LogP contribution in [0.25, 0.3) is 0 Å². The summed E-state index contributed by atoms with van der Waals surface area (Å²) in [6.45, 7) is 3.80. The van der Waals surface area contributed by atoms with Gasteiger partial charge in [-0.2, -0.15) is 0 Å². The van der Waals surface area contributed by atoms with Crippen LogP contribution in [0.1, 0.15) is 45.7 Å². The Morgan fingerprint density at radius 3 is 2.40 bits per heavy atom. The van der Waals surface area contributed by atoms with E-state index in [1.807, 2.05) is 26.0 Å². The SMILES string of the molecule is Cc1ccc(C(=O)c2cc(F)c(C(C)c3ccc(NC(=O)NCCO)cc3)[nH]2)cc1. The van der Waals surface area contributed by atoms with E-state index in [2.05, 4.69) is 15.6 Å². The van der Waals surface area contributed by atoms with Gasteiger partial charge in [0.2, 0.25) is 5.78 Å². The fourth-order valence-electron chi connectivity index (χ4n) is 3.11. The number of carbonyl (C=O) groups is 2. The highest BCUT2D eigenvalue weighted by atomic mass is 19.1. The van der Waals surface area contributed by atoms with Crippen molar-refractivity contribution in [2.24, 2.45) is 0 Å². The number of aromatic nitrogens is 1. The molecule has 1 unspecified atom stereocenters. The number of ketones is 1. The molecule has 1 atom stereocenters. The third kappa shape index (κ3) is 4.93. The monoisotopic (exact) mass is 409 g/mol. The van der Waals surface area contributed by atoms with Crippen molar-refractivity contribution < 1.29 is 19.1 Å². The molecule has 0 saturated carbocycles. The number of aliphatic hydroxyl groups is 1. The average molecular weight is 409 g/mol. The van der Waals surface area contributed by atoms with Crippen molar-refractivity contribution in [3.8, 4) is 0 Å². The van der Waals surface area contributed by atoms with E-state index in [-0.39, 0.29) is 30.5 Å². The van der Waals surface area contributed by atoms with Crippen LogP contribution in [0.5, 0.6) is 0 Å². The molecule has 6 nitrogen and oxygen atoms in total. The summed E-state index contributed by atoms with van der Waals surface area (Å²) in [5.74, 6) is -1.05. The second-order valence-electron chi connectivity index (χ2n) is 7.09. The van der Waals surface area contributed by atoms with Gasteiger partial charge in [-0.3, -0.25) is 4.79 Å². The maximum Gasteiger partial charge on any atom is 0.319 e. The summed E-state index contributed by atoms with van der Waals surface area (Å²) in [5.41, 5.74) is 3.47. The van der Waals surface area contributed by atoms with Crippen molar-refractivity contribution >= 4 is 17.5 Å². The van der Waals surface area contributed by atoms with Crippen LogP contribution in [-0.2, 0) is 0 Å². The van der Waals surface area contributed by atoms with Gasteiger partial charge in [0.25, 0.3) is 0 Å². The number of H-pyrrole nitrogens is 1. The third-order valence-electron chi connectivity index (χ3n) is 4.86. The number of rotatable bonds is 7. The van der Waals surface area contributed by atoms with Crippen LogP contribution >= 0.6 is 0 Å². The zero-order valence-electron chi connectivity index (χ0n) is 16.8. The Balaban J connectivity index is 1.74. The molecule has 0 fully saturated rings. The molecule has 0 spiro atoms. The van der Waals surface area contributed by atoms with Crippen molar-refractivity contribution in [3.63, 3.8) is 0 Å². The van der Waals surface area contributed by atoms with Crippen LogP contribution in [0.3, 0.4) is 0 Å². The standard InChI is InChI=1S/C23H24FN3O3/c1-14-3-5-17(6-4-14)22(29)20-13-19(24)21(27-20)15(2)16-7-9-18(10-8-16)26-23(30)25-11-12-28/h3-10,13,15,27-28H,11-12H2,1-2H3,(H2,25,26,30). The molecule has 0 saturated heterocycles. The van der Waals surface area contributed by atoms with Crippen LogP contribution in [0.2, 0.25) is 0 Å². The number of aromatic amines is 1. The lowest BCUT2D eigenvalue weighted by molar-refractivity contribution is 0.103. The number of urea groups is 1. The lowest BCUT2D eigenvalue weighted by atomic mass is 9.97. The van der Waals surface area contributed by atoms with E-state index in [0.29, 0.717) is 16.9 Å². The van der Waals surface area contributed by atoms with E-state index in [1.165, 1.54) is 6.07 Å². The van der Waals surface area contributed by atoms with Crippen LogP contribution in [0, 0.1) is 12.7 Å². The second-order valence-corrected chi connectivity index (χ2v) is 7.09. The van der Waals surface area contributed by atoms with E-state index in [9.17, 15) is 14.0 Å². The van der Waals surface area contributed by atoms with E-state index in [4.69, 9.17) is 5.11 Å². The maximum absolute atomic E-state index is 14.6. The van der Waals surface area contributed by atoms with Crippen molar-refractivity contribution in [1.29, 1.82) is 0 Å². The van der Waals surface area contributed by atoms with E-state index in [0.717, 1.165) is 11.1 Å². The Hall–Kier alpha value is -3.45. The van der Waals surface area contributed by atoms with Gasteiger partial charge in [0.05, 0.1) is 18.0 Å². The van der Waals surface area contributed by atoms with E-state index >= 15 is 0 Å². The molecule has 3 aromatic rings. The zero-order chi connectivity index (χ0) is 21.7. The Morgan fingerprint density at radius 2 is 1.77 bits per heavy atom. The summed E-state index contributed by atoms with van der Waals surface area (Å²) in [6, 6.07) is 14.9. The van der Waals surface area contributed by atoms with Gasteiger partial charge in [-0.25, -0.2) is 9.18 Å². The number of aryl methyl sites for hydroxylation is 1. The maximum atomic E-state index is 14.6. The number of hydrogen-bond acceptors (Lipinski definition) is 3. The summed E-state index contributed by atoms with van der Waals surface area (Å²) in [6.07, 6.45) is 0. The highest BCUT2D eigenvalue weighted by Gasteiger charge is 2.20. The predicted molar refractivity (Wildman–Crippen MR) is 113 cm³/mol. The van der Waals surface area contributed by atoms with E-state index < -0.39 is 11.8 Å². The third-order valence-corrected chi connectivity index (χ3v) is 4.86. The van der Waals surface area contributed by atoms with Crippen LogP contribution in [-0.4, -0.2) is 35.1 Å². The number of amides is 2. The smallest absolute Gasteiger partial charge is 0.319 e. The Bertz CT molecular complexity index is 1030. The molecule has 30 heavy (non-hydrogen) atoms. The summed E-state index contributed by atoms with van der Waals surface area (Å²) >= 11 is 0. The first-order chi connectivity index (χ1) is 14.4. The summed E-state index contributed by atoms with van der Waals surface area (Å²) in [7, 11) is 0. The van der Waals surface area contributed by atoms with Gasteiger partial charge in [0.15, 0.2) is 0 Å². The van der Waals surface area contributed by atoms with Gasteiger partial charge in [0.1, 0.15) is 5.82 Å². The van der Waals surface area contributed by atoms with Crippen LogP contribution in [0.15, 0.2) is 54.6 Å². The summed E-state index contributed by atoms with van der Waals surface area (Å²) in [4.78, 5) is 27.2. The molecule has 0 bridgehead atoms. The lowest BCUT2D eigenvalue weighted by Crippen LogP contribution is -2.30. The minimum atomic E-state index is -0.469. The Labute approximate surface area is 174 Å². The molecule has 156 valence electrons. The minimum absolute atomic E-state index is 0.139. The first-order valence-corrected chi connectivity index (χ1v) is 9.64. The van der Waals surface area contributed by atoms with Gasteiger partial charge >= 0.3 is 6.03 Å². The molecule has 7 heteroatoms. The molecule has 1 aromatic heterocycles. The molecular formula is C23H24FN3O3. The fourth-order valence-corrected chi connectivity index (χ4v) is 3.11. The minimum Gasteiger partial charge on any atom is -0.395 e. The topological polar surface area (TPSA) is 94.2 Å². The number of anilines is 1. The first-order valence-electron chi connectivity index (χ1n) is 9.64. The Morgan fingerprint density at radius 1 is 1.10 bits per heavy atom. The molecule has 4 N–H and O–H groups in total. The second kappa shape index (κ2) is 9.37. The van der Waals surface area contributed by atoms with Gasteiger partial charge in [-0.1, -0.05) is 48.9 Å². The molecule has 2 amide bonds. The predicted octanol–water partition coefficient (Wildman–Crippen LogP) is 3.96. The van der Waals surface area contributed by atoms with Gasteiger partial charge in [0, 0.05) is 29.8 Å². The van der Waals surface area contributed by atoms with Crippen molar-refractivity contribution in [2.75, 3.05) is 18.5 Å². The van der Waals surface area contributed by atoms with Crippen molar-refractivity contribution in [3.05, 3.63) is 88.5 Å².